The molecule has 0 amide bonds. The molecule has 0 aliphatic carbocycles. The number of aromatic nitrogens is 1. The van der Waals surface area contributed by atoms with Gasteiger partial charge in [-0.05, 0) is 24.6 Å². The zero-order chi connectivity index (χ0) is 19.8. The van der Waals surface area contributed by atoms with Gasteiger partial charge in [-0.2, -0.15) is 0 Å². The fraction of sp³-hybridized carbons (Fsp3) is 0.0370. The Labute approximate surface area is 170 Å². The van der Waals surface area contributed by atoms with E-state index in [9.17, 15) is 0 Å². The first-order chi connectivity index (χ1) is 14.3. The lowest BCUT2D eigenvalue weighted by Crippen LogP contribution is -1.95. The molecule has 0 fully saturated rings. The van der Waals surface area contributed by atoms with Gasteiger partial charge < -0.3 is 9.72 Å². The van der Waals surface area contributed by atoms with E-state index in [1.165, 1.54) is 16.5 Å². The summed E-state index contributed by atoms with van der Waals surface area (Å²) in [5.74, 6) is 1.47. The third-order valence-corrected chi connectivity index (χ3v) is 5.33. The monoisotopic (exact) mass is 375 g/mol. The first-order valence-corrected chi connectivity index (χ1v) is 9.78. The summed E-state index contributed by atoms with van der Waals surface area (Å²) in [6.07, 6.45) is 6.09. The molecule has 140 valence electrons. The van der Waals surface area contributed by atoms with Crippen LogP contribution in [0, 0.1) is 0 Å². The zero-order valence-corrected chi connectivity index (χ0v) is 16.3. The molecule has 5 rings (SSSR count). The molecule has 29 heavy (non-hydrogen) atoms. The van der Waals surface area contributed by atoms with E-state index < -0.39 is 0 Å². The standard InChI is InChI=1S/C27H21NO/c1-3-4-13-20-18(2)29-24-17-9-8-14-22(24)25-23-16-10-15-21(26(23)28-27(20)25)19-11-6-5-7-12-19/h3-17,28H,2H2,1H3/b4-3-,20-13+. The summed E-state index contributed by atoms with van der Waals surface area (Å²) in [5, 5.41) is 1.18. The highest BCUT2D eigenvalue weighted by Crippen LogP contribution is 2.47. The lowest BCUT2D eigenvalue weighted by atomic mass is 9.96. The lowest BCUT2D eigenvalue weighted by molar-refractivity contribution is 0.455. The molecule has 3 aromatic carbocycles. The maximum atomic E-state index is 6.15. The minimum Gasteiger partial charge on any atom is -0.457 e. The molecule has 0 saturated carbocycles. The lowest BCUT2D eigenvalue weighted by Gasteiger charge is -2.10. The number of allylic oxidation sites excluding steroid dienone is 4. The van der Waals surface area contributed by atoms with Gasteiger partial charge in [-0.1, -0.05) is 85.5 Å². The second kappa shape index (κ2) is 6.99. The number of fused-ring (bicyclic) bond motifs is 5. The second-order valence-corrected chi connectivity index (χ2v) is 7.10. The average molecular weight is 375 g/mol. The highest BCUT2D eigenvalue weighted by Gasteiger charge is 2.26. The van der Waals surface area contributed by atoms with Crippen LogP contribution in [0.3, 0.4) is 0 Å². The first kappa shape index (κ1) is 17.3. The van der Waals surface area contributed by atoms with Gasteiger partial charge >= 0.3 is 0 Å². The average Bonchev–Trinajstić information content (AvgIpc) is 3.09. The number of H-pyrrole nitrogens is 1. The largest absolute Gasteiger partial charge is 0.457 e. The van der Waals surface area contributed by atoms with Crippen molar-refractivity contribution in [3.8, 4) is 28.0 Å². The van der Waals surface area contributed by atoms with Crippen molar-refractivity contribution in [2.75, 3.05) is 0 Å². The van der Waals surface area contributed by atoms with E-state index in [2.05, 4.69) is 72.2 Å². The van der Waals surface area contributed by atoms with Crippen LogP contribution < -0.4 is 4.74 Å². The summed E-state index contributed by atoms with van der Waals surface area (Å²) in [6.45, 7) is 6.22. The molecule has 0 spiro atoms. The van der Waals surface area contributed by atoms with Crippen LogP contribution in [0.2, 0.25) is 0 Å². The second-order valence-electron chi connectivity index (χ2n) is 7.10. The van der Waals surface area contributed by atoms with Gasteiger partial charge in [-0.15, -0.1) is 0 Å². The molecule has 1 aliphatic heterocycles. The van der Waals surface area contributed by atoms with E-state index in [-0.39, 0.29) is 0 Å². The Morgan fingerprint density at radius 2 is 1.62 bits per heavy atom. The maximum Gasteiger partial charge on any atom is 0.135 e. The Bertz CT molecular complexity index is 1290. The molecule has 0 saturated heterocycles. The highest BCUT2D eigenvalue weighted by molar-refractivity contribution is 6.09. The van der Waals surface area contributed by atoms with E-state index in [0.717, 1.165) is 33.7 Å². The van der Waals surface area contributed by atoms with Gasteiger partial charge in [0.25, 0.3) is 0 Å². The van der Waals surface area contributed by atoms with Gasteiger partial charge in [0.2, 0.25) is 0 Å². The Morgan fingerprint density at radius 3 is 2.45 bits per heavy atom. The van der Waals surface area contributed by atoms with Gasteiger partial charge in [0, 0.05) is 27.6 Å². The number of hydrogen-bond donors (Lipinski definition) is 1. The van der Waals surface area contributed by atoms with Crippen molar-refractivity contribution in [2.24, 2.45) is 0 Å². The predicted octanol–water partition coefficient (Wildman–Crippen LogP) is 7.37. The van der Waals surface area contributed by atoms with E-state index in [0.29, 0.717) is 5.76 Å². The van der Waals surface area contributed by atoms with Gasteiger partial charge in [0.15, 0.2) is 0 Å². The zero-order valence-electron chi connectivity index (χ0n) is 16.3. The topological polar surface area (TPSA) is 25.0 Å². The van der Waals surface area contributed by atoms with Crippen LogP contribution in [0.15, 0.2) is 103 Å². The normalized spacial score (nSPS) is 14.7. The molecule has 0 unspecified atom stereocenters. The summed E-state index contributed by atoms with van der Waals surface area (Å²) in [4.78, 5) is 3.71. The number of ether oxygens (including phenoxy) is 1. The number of para-hydroxylation sites is 2. The quantitative estimate of drug-likeness (QED) is 0.389. The molecule has 0 radical (unpaired) electrons. The molecule has 2 nitrogen and oxygen atoms in total. The van der Waals surface area contributed by atoms with Crippen molar-refractivity contribution in [3.05, 3.63) is 109 Å². The van der Waals surface area contributed by atoms with Crippen molar-refractivity contribution < 1.29 is 4.74 Å². The van der Waals surface area contributed by atoms with Crippen LogP contribution >= 0.6 is 0 Å². The summed E-state index contributed by atoms with van der Waals surface area (Å²) >= 11 is 0. The van der Waals surface area contributed by atoms with E-state index in [1.807, 2.05) is 37.3 Å². The smallest absolute Gasteiger partial charge is 0.135 e. The highest BCUT2D eigenvalue weighted by atomic mass is 16.5. The summed E-state index contributed by atoms with van der Waals surface area (Å²) in [5.41, 5.74) is 7.73. The van der Waals surface area contributed by atoms with Crippen LogP contribution in [0.5, 0.6) is 5.75 Å². The van der Waals surface area contributed by atoms with Crippen molar-refractivity contribution in [1.82, 2.24) is 4.98 Å². The summed E-state index contributed by atoms with van der Waals surface area (Å²) in [7, 11) is 0. The van der Waals surface area contributed by atoms with E-state index in [1.54, 1.807) is 0 Å². The third kappa shape index (κ3) is 2.81. The third-order valence-electron chi connectivity index (χ3n) is 5.33. The predicted molar refractivity (Wildman–Crippen MR) is 122 cm³/mol. The number of benzene rings is 3. The van der Waals surface area contributed by atoms with Gasteiger partial charge in [0.05, 0.1) is 11.2 Å². The van der Waals surface area contributed by atoms with Crippen LogP contribution in [-0.2, 0) is 0 Å². The Balaban J connectivity index is 1.89. The Kier molecular flexibility index (Phi) is 4.18. The van der Waals surface area contributed by atoms with Crippen molar-refractivity contribution >= 4 is 16.5 Å². The van der Waals surface area contributed by atoms with Gasteiger partial charge in [-0.3, -0.25) is 0 Å². The van der Waals surface area contributed by atoms with E-state index in [4.69, 9.17) is 4.74 Å². The molecule has 1 aromatic heterocycles. The van der Waals surface area contributed by atoms with Crippen molar-refractivity contribution in [3.63, 3.8) is 0 Å². The van der Waals surface area contributed by atoms with Gasteiger partial charge in [0.1, 0.15) is 11.5 Å². The number of aromatic amines is 1. The molecular formula is C27H21NO. The Hall–Kier alpha value is -3.78. The minimum absolute atomic E-state index is 0.641. The minimum atomic E-state index is 0.641. The summed E-state index contributed by atoms with van der Waals surface area (Å²) in [6, 6.07) is 25.1. The fourth-order valence-electron chi connectivity index (χ4n) is 4.02. The first-order valence-electron chi connectivity index (χ1n) is 9.78. The Morgan fingerprint density at radius 1 is 0.862 bits per heavy atom. The molecule has 0 bridgehead atoms. The van der Waals surface area contributed by atoms with E-state index >= 15 is 0 Å². The molecule has 2 heteroatoms. The number of nitrogens with one attached hydrogen (secondary N) is 1. The van der Waals surface area contributed by atoms with Crippen LogP contribution in [0.25, 0.3) is 38.7 Å². The molecule has 2 heterocycles. The molecule has 1 aliphatic rings. The summed E-state index contributed by atoms with van der Waals surface area (Å²) < 4.78 is 6.15. The van der Waals surface area contributed by atoms with Crippen molar-refractivity contribution in [2.45, 2.75) is 6.92 Å². The molecule has 1 N–H and O–H groups in total. The van der Waals surface area contributed by atoms with Crippen LogP contribution in [0.4, 0.5) is 0 Å². The van der Waals surface area contributed by atoms with Crippen LogP contribution in [0.1, 0.15) is 12.6 Å². The molecule has 0 atom stereocenters. The SMILES string of the molecule is C=C1Oc2ccccc2-c2c([nH]c3c(-c4ccccc4)cccc23)/C1=C/C=C\C. The maximum absolute atomic E-state index is 6.15. The number of hydrogen-bond acceptors (Lipinski definition) is 1. The number of rotatable bonds is 2. The molecule has 4 aromatic rings. The van der Waals surface area contributed by atoms with Crippen molar-refractivity contribution in [1.29, 1.82) is 0 Å². The van der Waals surface area contributed by atoms with Gasteiger partial charge in [-0.25, -0.2) is 0 Å². The fourth-order valence-corrected chi connectivity index (χ4v) is 4.02. The van der Waals surface area contributed by atoms with Crippen LogP contribution in [-0.4, -0.2) is 4.98 Å². The molecular weight excluding hydrogens is 354 g/mol.